The van der Waals surface area contributed by atoms with Gasteiger partial charge < -0.3 is 4.98 Å². The van der Waals surface area contributed by atoms with E-state index in [1.165, 1.54) is 0 Å². The number of allylic oxidation sites excluding steroid dienone is 1. The van der Waals surface area contributed by atoms with Crippen molar-refractivity contribution in [3.8, 4) is 6.07 Å². The molecule has 0 amide bonds. The van der Waals surface area contributed by atoms with Crippen LogP contribution in [0.5, 0.6) is 0 Å². The molecule has 3 aromatic rings. The summed E-state index contributed by atoms with van der Waals surface area (Å²) < 4.78 is 1.90. The van der Waals surface area contributed by atoms with Crippen molar-refractivity contribution in [2.45, 2.75) is 20.4 Å². The highest BCUT2D eigenvalue weighted by Crippen LogP contribution is 2.20. The second-order valence-electron chi connectivity index (χ2n) is 4.77. The van der Waals surface area contributed by atoms with Gasteiger partial charge in [-0.1, -0.05) is 12.1 Å². The van der Waals surface area contributed by atoms with E-state index in [-0.39, 0.29) is 0 Å². The van der Waals surface area contributed by atoms with Crippen molar-refractivity contribution < 1.29 is 0 Å². The molecule has 5 heteroatoms. The number of H-pyrrole nitrogens is 1. The zero-order valence-corrected chi connectivity index (χ0v) is 12.0. The lowest BCUT2D eigenvalue weighted by Crippen LogP contribution is -1.98. The average Bonchev–Trinajstić information content (AvgIpc) is 3.08. The van der Waals surface area contributed by atoms with Crippen LogP contribution in [0.4, 0.5) is 0 Å². The number of aromatic amines is 1. The van der Waals surface area contributed by atoms with E-state index in [4.69, 9.17) is 0 Å². The maximum Gasteiger partial charge on any atom is 0.149 e. The van der Waals surface area contributed by atoms with Crippen LogP contribution in [0.25, 0.3) is 22.7 Å². The third-order valence-corrected chi connectivity index (χ3v) is 3.51. The molecule has 0 fully saturated rings. The molecule has 0 atom stereocenters. The summed E-state index contributed by atoms with van der Waals surface area (Å²) in [6.45, 7) is 4.85. The molecule has 0 saturated carbocycles. The van der Waals surface area contributed by atoms with Crippen molar-refractivity contribution >= 4 is 22.7 Å². The zero-order valence-electron chi connectivity index (χ0n) is 12.0. The number of aromatic nitrogens is 4. The van der Waals surface area contributed by atoms with Crippen LogP contribution in [0, 0.1) is 18.3 Å². The molecule has 0 unspecified atom stereocenters. The fourth-order valence-corrected chi connectivity index (χ4v) is 2.31. The first-order valence-corrected chi connectivity index (χ1v) is 6.82. The Labute approximate surface area is 122 Å². The number of benzene rings is 1. The summed E-state index contributed by atoms with van der Waals surface area (Å²) in [4.78, 5) is 7.64. The highest BCUT2D eigenvalue weighted by Gasteiger charge is 2.10. The van der Waals surface area contributed by atoms with Gasteiger partial charge in [0.25, 0.3) is 0 Å². The summed E-state index contributed by atoms with van der Waals surface area (Å²) in [5.41, 5.74) is 4.27. The molecule has 0 aliphatic heterocycles. The smallest absolute Gasteiger partial charge is 0.149 e. The van der Waals surface area contributed by atoms with E-state index in [1.807, 2.05) is 48.9 Å². The summed E-state index contributed by atoms with van der Waals surface area (Å²) in [6.07, 6.45) is 3.60. The topological polar surface area (TPSA) is 70.3 Å². The van der Waals surface area contributed by atoms with E-state index in [0.29, 0.717) is 11.4 Å². The van der Waals surface area contributed by atoms with Gasteiger partial charge >= 0.3 is 0 Å². The number of rotatable bonds is 3. The molecule has 0 spiro atoms. The summed E-state index contributed by atoms with van der Waals surface area (Å²) in [5, 5.41) is 13.7. The van der Waals surface area contributed by atoms with Crippen LogP contribution in [-0.4, -0.2) is 19.7 Å². The van der Waals surface area contributed by atoms with Crippen molar-refractivity contribution in [3.63, 3.8) is 0 Å². The number of hydrogen-bond acceptors (Lipinski definition) is 3. The number of imidazole rings is 1. The number of fused-ring (bicyclic) bond motifs is 1. The van der Waals surface area contributed by atoms with Gasteiger partial charge in [0.15, 0.2) is 0 Å². The summed E-state index contributed by atoms with van der Waals surface area (Å²) >= 11 is 0. The Morgan fingerprint density at radius 1 is 1.43 bits per heavy atom. The van der Waals surface area contributed by atoms with Gasteiger partial charge in [0, 0.05) is 17.8 Å². The van der Waals surface area contributed by atoms with E-state index in [9.17, 15) is 5.26 Å². The predicted octanol–water partition coefficient (Wildman–Crippen LogP) is 3.15. The monoisotopic (exact) mass is 277 g/mol. The molecule has 5 nitrogen and oxygen atoms in total. The van der Waals surface area contributed by atoms with Gasteiger partial charge in [0.1, 0.15) is 11.9 Å². The van der Waals surface area contributed by atoms with Gasteiger partial charge in [-0.3, -0.25) is 4.68 Å². The number of nitriles is 1. The lowest BCUT2D eigenvalue weighted by molar-refractivity contribution is 0.639. The first-order valence-electron chi connectivity index (χ1n) is 6.82. The van der Waals surface area contributed by atoms with Crippen LogP contribution in [0.15, 0.2) is 30.5 Å². The number of nitrogens with one attached hydrogen (secondary N) is 1. The van der Waals surface area contributed by atoms with Gasteiger partial charge in [-0.05, 0) is 32.1 Å². The van der Waals surface area contributed by atoms with Gasteiger partial charge in [-0.15, -0.1) is 0 Å². The number of para-hydroxylation sites is 2. The van der Waals surface area contributed by atoms with Crippen LogP contribution < -0.4 is 0 Å². The molecule has 0 radical (unpaired) electrons. The Morgan fingerprint density at radius 3 is 2.90 bits per heavy atom. The van der Waals surface area contributed by atoms with Gasteiger partial charge in [0.2, 0.25) is 0 Å². The standard InChI is InChI=1S/C16H15N5/c1-3-21-11(2)13(10-18-21)8-12(9-17)16-19-14-6-4-5-7-15(14)20-16/h4-8,10H,3H2,1-2H3,(H,19,20)/b12-8+. The quantitative estimate of drug-likeness (QED) is 0.747. The van der Waals surface area contributed by atoms with Crippen molar-refractivity contribution in [1.82, 2.24) is 19.7 Å². The number of nitrogens with zero attached hydrogens (tertiary/aromatic N) is 4. The Hall–Kier alpha value is -2.87. The normalized spacial score (nSPS) is 11.8. The molecular weight excluding hydrogens is 262 g/mol. The molecule has 104 valence electrons. The Bertz CT molecular complexity index is 827. The minimum absolute atomic E-state index is 0.505. The van der Waals surface area contributed by atoms with E-state index in [2.05, 4.69) is 21.1 Å². The molecule has 1 N–H and O–H groups in total. The predicted molar refractivity (Wildman–Crippen MR) is 82.2 cm³/mol. The SMILES string of the molecule is CCn1ncc(/C=C(\C#N)c2nc3ccccc3[nH]2)c1C. The lowest BCUT2D eigenvalue weighted by Gasteiger charge is -1.99. The zero-order chi connectivity index (χ0) is 14.8. The van der Waals surface area contributed by atoms with E-state index < -0.39 is 0 Å². The Kier molecular flexibility index (Phi) is 3.28. The molecule has 0 saturated heterocycles. The third kappa shape index (κ3) is 2.32. The summed E-state index contributed by atoms with van der Waals surface area (Å²) in [5.74, 6) is 0.586. The Balaban J connectivity index is 2.07. The molecule has 2 heterocycles. The van der Waals surface area contributed by atoms with Crippen LogP contribution >= 0.6 is 0 Å². The third-order valence-electron chi connectivity index (χ3n) is 3.51. The minimum Gasteiger partial charge on any atom is -0.337 e. The summed E-state index contributed by atoms with van der Waals surface area (Å²) in [7, 11) is 0. The number of aryl methyl sites for hydroxylation is 1. The molecule has 1 aromatic carbocycles. The largest absolute Gasteiger partial charge is 0.337 e. The second kappa shape index (κ2) is 5.25. The molecule has 0 aliphatic carbocycles. The van der Waals surface area contributed by atoms with Crippen LogP contribution in [0.2, 0.25) is 0 Å². The molecule has 3 rings (SSSR count). The van der Waals surface area contributed by atoms with Gasteiger partial charge in [0.05, 0.1) is 22.8 Å². The van der Waals surface area contributed by atoms with Gasteiger partial charge in [-0.2, -0.15) is 10.4 Å². The van der Waals surface area contributed by atoms with Crippen LogP contribution in [0.3, 0.4) is 0 Å². The fourth-order valence-electron chi connectivity index (χ4n) is 2.31. The van der Waals surface area contributed by atoms with Crippen molar-refractivity contribution in [3.05, 3.63) is 47.5 Å². The highest BCUT2D eigenvalue weighted by atomic mass is 15.3. The van der Waals surface area contributed by atoms with Crippen molar-refractivity contribution in [2.75, 3.05) is 0 Å². The molecule has 2 aromatic heterocycles. The number of hydrogen-bond donors (Lipinski definition) is 1. The van der Waals surface area contributed by atoms with E-state index in [0.717, 1.165) is 28.8 Å². The first-order chi connectivity index (χ1) is 10.2. The summed E-state index contributed by atoms with van der Waals surface area (Å²) in [6, 6.07) is 9.95. The fraction of sp³-hybridized carbons (Fsp3) is 0.188. The molecule has 0 bridgehead atoms. The van der Waals surface area contributed by atoms with E-state index in [1.54, 1.807) is 6.20 Å². The second-order valence-corrected chi connectivity index (χ2v) is 4.77. The van der Waals surface area contributed by atoms with Crippen LogP contribution in [-0.2, 0) is 6.54 Å². The lowest BCUT2D eigenvalue weighted by atomic mass is 10.1. The molecule has 0 aliphatic rings. The van der Waals surface area contributed by atoms with Crippen molar-refractivity contribution in [1.29, 1.82) is 5.26 Å². The Morgan fingerprint density at radius 2 is 2.24 bits per heavy atom. The highest BCUT2D eigenvalue weighted by molar-refractivity contribution is 5.90. The maximum absolute atomic E-state index is 9.42. The molecule has 21 heavy (non-hydrogen) atoms. The minimum atomic E-state index is 0.505. The van der Waals surface area contributed by atoms with Crippen molar-refractivity contribution in [2.24, 2.45) is 0 Å². The average molecular weight is 277 g/mol. The van der Waals surface area contributed by atoms with Gasteiger partial charge in [-0.25, -0.2) is 4.98 Å². The molecular formula is C16H15N5. The van der Waals surface area contributed by atoms with Crippen LogP contribution in [0.1, 0.15) is 24.0 Å². The van der Waals surface area contributed by atoms with E-state index >= 15 is 0 Å². The first kappa shape index (κ1) is 13.1. The maximum atomic E-state index is 9.42.